The molecule has 0 aliphatic rings. The van der Waals surface area contributed by atoms with Crippen LogP contribution in [0.2, 0.25) is 0 Å². The third-order valence-electron chi connectivity index (χ3n) is 2.67. The van der Waals surface area contributed by atoms with E-state index in [1.54, 1.807) is 24.3 Å². The van der Waals surface area contributed by atoms with E-state index < -0.39 is 0 Å². The van der Waals surface area contributed by atoms with E-state index in [9.17, 15) is 10.2 Å². The van der Waals surface area contributed by atoms with Gasteiger partial charge in [0.25, 0.3) is 0 Å². The molecule has 4 nitrogen and oxygen atoms in total. The lowest BCUT2D eigenvalue weighted by molar-refractivity contribution is 0.400. The van der Waals surface area contributed by atoms with Gasteiger partial charge in [-0.2, -0.15) is 5.26 Å². The molecule has 0 saturated heterocycles. The molecule has 0 bridgehead atoms. The maximum Gasteiger partial charge on any atom is 0.162 e. The van der Waals surface area contributed by atoms with Crippen LogP contribution < -0.4 is 5.32 Å². The zero-order valence-electron chi connectivity index (χ0n) is 9.89. The number of nitriles is 1. The molecule has 3 N–H and O–H groups in total. The number of nitrogens with zero attached hydrogens (tertiary/aromatic N) is 1. The largest absolute Gasteiger partial charge is 0.504 e. The molecule has 19 heavy (non-hydrogen) atoms. The van der Waals surface area contributed by atoms with Crippen molar-refractivity contribution in [2.75, 3.05) is 5.32 Å². The summed E-state index contributed by atoms with van der Waals surface area (Å²) in [7, 11) is 0. The molecule has 0 spiro atoms. The van der Waals surface area contributed by atoms with Gasteiger partial charge < -0.3 is 15.5 Å². The van der Waals surface area contributed by atoms with Gasteiger partial charge in [0.05, 0.1) is 11.3 Å². The minimum Gasteiger partial charge on any atom is -0.504 e. The van der Waals surface area contributed by atoms with Crippen molar-refractivity contribution in [1.82, 2.24) is 0 Å². The van der Waals surface area contributed by atoms with Gasteiger partial charge >= 0.3 is 0 Å². The Morgan fingerprint density at radius 1 is 1.21 bits per heavy atom. The van der Waals surface area contributed by atoms with Gasteiger partial charge in [0.15, 0.2) is 11.5 Å². The number of phenols is 2. The lowest BCUT2D eigenvalue weighted by Crippen LogP contribution is -2.01. The fraction of sp³-hybridized carbons (Fsp3) is 0.0714. The fourth-order valence-corrected chi connectivity index (χ4v) is 2.04. The lowest BCUT2D eigenvalue weighted by atomic mass is 10.1. The summed E-state index contributed by atoms with van der Waals surface area (Å²) in [5, 5.41) is 31.2. The lowest BCUT2D eigenvalue weighted by Gasteiger charge is -2.10. The highest BCUT2D eigenvalue weighted by Gasteiger charge is 2.07. The number of hydrogen-bond donors (Lipinski definition) is 3. The van der Waals surface area contributed by atoms with E-state index in [2.05, 4.69) is 27.3 Å². The molecule has 2 aromatic rings. The van der Waals surface area contributed by atoms with E-state index in [0.29, 0.717) is 23.4 Å². The van der Waals surface area contributed by atoms with E-state index >= 15 is 0 Å². The van der Waals surface area contributed by atoms with Crippen LogP contribution in [0.1, 0.15) is 11.1 Å². The predicted molar refractivity (Wildman–Crippen MR) is 76.0 cm³/mol. The van der Waals surface area contributed by atoms with Crippen molar-refractivity contribution in [2.24, 2.45) is 0 Å². The zero-order chi connectivity index (χ0) is 13.8. The number of para-hydroxylation sites is 1. The van der Waals surface area contributed by atoms with Crippen LogP contribution in [0.4, 0.5) is 5.69 Å². The van der Waals surface area contributed by atoms with E-state index in [1.165, 1.54) is 6.07 Å². The van der Waals surface area contributed by atoms with Gasteiger partial charge in [-0.3, -0.25) is 0 Å². The van der Waals surface area contributed by atoms with Crippen LogP contribution in [0.3, 0.4) is 0 Å². The first kappa shape index (κ1) is 13.2. The summed E-state index contributed by atoms with van der Waals surface area (Å²) < 4.78 is 0.829. The monoisotopic (exact) mass is 318 g/mol. The van der Waals surface area contributed by atoms with Crippen molar-refractivity contribution in [2.45, 2.75) is 6.54 Å². The van der Waals surface area contributed by atoms with Crippen LogP contribution in [0.15, 0.2) is 40.9 Å². The molecular weight excluding hydrogens is 308 g/mol. The predicted octanol–water partition coefficient (Wildman–Crippen LogP) is 3.34. The molecule has 96 valence electrons. The Morgan fingerprint density at radius 2 is 2.00 bits per heavy atom. The van der Waals surface area contributed by atoms with E-state index in [0.717, 1.165) is 4.47 Å². The van der Waals surface area contributed by atoms with Crippen LogP contribution in [0.25, 0.3) is 0 Å². The standard InChI is InChI=1S/C14H11BrN2O2/c15-11-4-5-12(10(6-11)7-16)17-8-9-2-1-3-13(18)14(9)19/h1-6,17-19H,8H2. The molecule has 5 heteroatoms. The van der Waals surface area contributed by atoms with Crippen LogP contribution >= 0.6 is 15.9 Å². The van der Waals surface area contributed by atoms with Crippen LogP contribution in [-0.2, 0) is 6.54 Å². The third-order valence-corrected chi connectivity index (χ3v) is 3.16. The molecule has 0 aliphatic heterocycles. The number of benzene rings is 2. The zero-order valence-corrected chi connectivity index (χ0v) is 11.5. The highest BCUT2D eigenvalue weighted by atomic mass is 79.9. The second-order valence-electron chi connectivity index (χ2n) is 3.94. The average molecular weight is 319 g/mol. The molecule has 0 aromatic heterocycles. The Morgan fingerprint density at radius 3 is 2.74 bits per heavy atom. The summed E-state index contributed by atoms with van der Waals surface area (Å²) in [5.41, 5.74) is 1.74. The summed E-state index contributed by atoms with van der Waals surface area (Å²) in [4.78, 5) is 0. The van der Waals surface area contributed by atoms with Gasteiger partial charge in [0.1, 0.15) is 6.07 Å². The number of phenolic OH excluding ortho intramolecular Hbond substituents is 2. The number of nitrogens with one attached hydrogen (secondary N) is 1. The molecule has 0 fully saturated rings. The summed E-state index contributed by atoms with van der Waals surface area (Å²) in [5.74, 6) is -0.304. The molecule has 2 aromatic carbocycles. The first-order valence-corrected chi connectivity index (χ1v) is 6.34. The first-order chi connectivity index (χ1) is 9.11. The molecular formula is C14H11BrN2O2. The van der Waals surface area contributed by atoms with Crippen molar-refractivity contribution < 1.29 is 10.2 Å². The Balaban J connectivity index is 2.20. The van der Waals surface area contributed by atoms with E-state index in [-0.39, 0.29) is 11.5 Å². The van der Waals surface area contributed by atoms with Gasteiger partial charge in [-0.25, -0.2) is 0 Å². The van der Waals surface area contributed by atoms with Gasteiger partial charge in [-0.1, -0.05) is 28.1 Å². The first-order valence-electron chi connectivity index (χ1n) is 5.55. The highest BCUT2D eigenvalue weighted by Crippen LogP contribution is 2.29. The van der Waals surface area contributed by atoms with E-state index in [1.807, 2.05) is 6.07 Å². The van der Waals surface area contributed by atoms with Crippen molar-refractivity contribution in [3.8, 4) is 17.6 Å². The number of hydrogen-bond acceptors (Lipinski definition) is 4. The molecule has 0 radical (unpaired) electrons. The minimum absolute atomic E-state index is 0.148. The van der Waals surface area contributed by atoms with Gasteiger partial charge in [0, 0.05) is 16.6 Å². The number of anilines is 1. The molecule has 0 heterocycles. The SMILES string of the molecule is N#Cc1cc(Br)ccc1NCc1cccc(O)c1O. The maximum absolute atomic E-state index is 9.68. The van der Waals surface area contributed by atoms with Crippen LogP contribution in [-0.4, -0.2) is 10.2 Å². The normalized spacial score (nSPS) is 9.89. The van der Waals surface area contributed by atoms with Crippen molar-refractivity contribution in [3.05, 3.63) is 52.0 Å². The Kier molecular flexibility index (Phi) is 3.93. The number of halogens is 1. The fourth-order valence-electron chi connectivity index (χ4n) is 1.67. The second-order valence-corrected chi connectivity index (χ2v) is 4.86. The molecule has 0 aliphatic carbocycles. The quantitative estimate of drug-likeness (QED) is 0.758. The molecule has 0 unspecified atom stereocenters. The van der Waals surface area contributed by atoms with Crippen molar-refractivity contribution in [3.63, 3.8) is 0 Å². The maximum atomic E-state index is 9.68. The molecule has 0 atom stereocenters. The Bertz CT molecular complexity index is 650. The summed E-state index contributed by atoms with van der Waals surface area (Å²) in [6, 6.07) is 12.2. The topological polar surface area (TPSA) is 76.3 Å². The van der Waals surface area contributed by atoms with Crippen molar-refractivity contribution in [1.29, 1.82) is 5.26 Å². The molecule has 2 rings (SSSR count). The Hall–Kier alpha value is -2.19. The van der Waals surface area contributed by atoms with Gasteiger partial charge in [-0.05, 0) is 24.3 Å². The highest BCUT2D eigenvalue weighted by molar-refractivity contribution is 9.10. The van der Waals surface area contributed by atoms with Crippen molar-refractivity contribution >= 4 is 21.6 Å². The second kappa shape index (κ2) is 5.63. The number of aromatic hydroxyl groups is 2. The third kappa shape index (κ3) is 2.98. The number of rotatable bonds is 3. The summed E-state index contributed by atoms with van der Waals surface area (Å²) in [6.07, 6.45) is 0. The van der Waals surface area contributed by atoms with Crippen LogP contribution in [0.5, 0.6) is 11.5 Å². The van der Waals surface area contributed by atoms with Gasteiger partial charge in [0.2, 0.25) is 0 Å². The van der Waals surface area contributed by atoms with E-state index in [4.69, 9.17) is 5.26 Å². The molecule has 0 amide bonds. The summed E-state index contributed by atoms with van der Waals surface area (Å²) in [6.45, 7) is 0.316. The summed E-state index contributed by atoms with van der Waals surface area (Å²) >= 11 is 3.30. The minimum atomic E-state index is -0.157. The van der Waals surface area contributed by atoms with Crippen LogP contribution in [0, 0.1) is 11.3 Å². The van der Waals surface area contributed by atoms with Gasteiger partial charge in [-0.15, -0.1) is 0 Å². The molecule has 0 saturated carbocycles. The Labute approximate surface area is 119 Å². The average Bonchev–Trinajstić information content (AvgIpc) is 2.41. The smallest absolute Gasteiger partial charge is 0.162 e.